The molecule has 1 fully saturated rings. The van der Waals surface area contributed by atoms with Crippen LogP contribution in [0.15, 0.2) is 18.3 Å². The first-order chi connectivity index (χ1) is 6.36. The molecule has 3 nitrogen and oxygen atoms in total. The normalized spacial score (nSPS) is 19.0. The van der Waals surface area contributed by atoms with Gasteiger partial charge in [0.2, 0.25) is 0 Å². The zero-order chi connectivity index (χ0) is 9.10. The summed E-state index contributed by atoms with van der Waals surface area (Å²) < 4.78 is 0. The quantitative estimate of drug-likeness (QED) is 0.654. The summed E-state index contributed by atoms with van der Waals surface area (Å²) in [6.45, 7) is 4.56. The van der Waals surface area contributed by atoms with Gasteiger partial charge in [0.1, 0.15) is 0 Å². The number of rotatable bonds is 1. The lowest BCUT2D eigenvalue weighted by atomic mass is 9.99. The fourth-order valence-electron chi connectivity index (χ4n) is 1.70. The third kappa shape index (κ3) is 1.97. The molecule has 2 heterocycles. The SMILES string of the molecule is CC1CCN(c2cccnn2)CC1. The molecule has 0 radical (unpaired) electrons. The lowest BCUT2D eigenvalue weighted by Gasteiger charge is -2.30. The van der Waals surface area contributed by atoms with Crippen LogP contribution in [0.1, 0.15) is 19.8 Å². The van der Waals surface area contributed by atoms with E-state index < -0.39 is 0 Å². The molecule has 13 heavy (non-hydrogen) atoms. The summed E-state index contributed by atoms with van der Waals surface area (Å²) in [4.78, 5) is 2.31. The van der Waals surface area contributed by atoms with Gasteiger partial charge in [-0.2, -0.15) is 5.10 Å². The first kappa shape index (κ1) is 8.48. The van der Waals surface area contributed by atoms with Crippen LogP contribution in [0, 0.1) is 5.92 Å². The Bertz CT molecular complexity index is 252. The summed E-state index contributed by atoms with van der Waals surface area (Å²) in [6.07, 6.45) is 4.27. The van der Waals surface area contributed by atoms with Crippen LogP contribution in [0.4, 0.5) is 5.82 Å². The van der Waals surface area contributed by atoms with Crippen molar-refractivity contribution in [2.45, 2.75) is 19.8 Å². The third-order valence-corrected chi connectivity index (χ3v) is 2.67. The summed E-state index contributed by atoms with van der Waals surface area (Å²) in [6, 6.07) is 3.98. The molecule has 1 aliphatic heterocycles. The zero-order valence-corrected chi connectivity index (χ0v) is 7.98. The number of hydrogen-bond donors (Lipinski definition) is 0. The summed E-state index contributed by atoms with van der Waals surface area (Å²) in [5, 5.41) is 7.99. The van der Waals surface area contributed by atoms with E-state index >= 15 is 0 Å². The van der Waals surface area contributed by atoms with Crippen LogP contribution in [0.25, 0.3) is 0 Å². The fourth-order valence-corrected chi connectivity index (χ4v) is 1.70. The van der Waals surface area contributed by atoms with Gasteiger partial charge < -0.3 is 4.90 Å². The molecule has 0 bridgehead atoms. The van der Waals surface area contributed by atoms with E-state index in [0.717, 1.165) is 24.8 Å². The maximum atomic E-state index is 4.10. The highest BCUT2D eigenvalue weighted by Crippen LogP contribution is 2.19. The molecule has 0 aromatic carbocycles. The molecule has 0 saturated carbocycles. The number of aromatic nitrogens is 2. The predicted molar refractivity (Wildman–Crippen MR) is 52.6 cm³/mol. The Kier molecular flexibility index (Phi) is 2.43. The second-order valence-electron chi connectivity index (χ2n) is 3.75. The van der Waals surface area contributed by atoms with Crippen LogP contribution in [0.3, 0.4) is 0 Å². The van der Waals surface area contributed by atoms with Crippen molar-refractivity contribution in [1.29, 1.82) is 0 Å². The average molecular weight is 177 g/mol. The fraction of sp³-hybridized carbons (Fsp3) is 0.600. The summed E-state index contributed by atoms with van der Waals surface area (Å²) in [5.41, 5.74) is 0. The highest BCUT2D eigenvalue weighted by molar-refractivity contribution is 5.36. The lowest BCUT2D eigenvalue weighted by molar-refractivity contribution is 0.436. The molecular formula is C10H15N3. The number of piperidine rings is 1. The molecule has 0 amide bonds. The van der Waals surface area contributed by atoms with Crippen LogP contribution in [0.2, 0.25) is 0 Å². The van der Waals surface area contributed by atoms with Crippen molar-refractivity contribution in [3.8, 4) is 0 Å². The molecule has 0 N–H and O–H groups in total. The largest absolute Gasteiger partial charge is 0.355 e. The maximum Gasteiger partial charge on any atom is 0.151 e. The Morgan fingerprint density at radius 3 is 2.77 bits per heavy atom. The van der Waals surface area contributed by atoms with Gasteiger partial charge in [-0.1, -0.05) is 6.92 Å². The van der Waals surface area contributed by atoms with Crippen LogP contribution >= 0.6 is 0 Å². The molecule has 0 atom stereocenters. The monoisotopic (exact) mass is 177 g/mol. The topological polar surface area (TPSA) is 29.0 Å². The first-order valence-electron chi connectivity index (χ1n) is 4.89. The Balaban J connectivity index is 2.03. The molecule has 1 aromatic heterocycles. The highest BCUT2D eigenvalue weighted by Gasteiger charge is 2.16. The minimum Gasteiger partial charge on any atom is -0.355 e. The van der Waals surface area contributed by atoms with Gasteiger partial charge in [0.25, 0.3) is 0 Å². The van der Waals surface area contributed by atoms with E-state index in [-0.39, 0.29) is 0 Å². The zero-order valence-electron chi connectivity index (χ0n) is 7.98. The highest BCUT2D eigenvalue weighted by atomic mass is 15.3. The van der Waals surface area contributed by atoms with E-state index in [4.69, 9.17) is 0 Å². The standard InChI is InChI=1S/C10H15N3/c1-9-4-7-13(8-5-9)10-3-2-6-11-12-10/h2-3,6,9H,4-5,7-8H2,1H3. The number of nitrogens with zero attached hydrogens (tertiary/aromatic N) is 3. The Morgan fingerprint density at radius 1 is 1.38 bits per heavy atom. The van der Waals surface area contributed by atoms with Crippen molar-refractivity contribution < 1.29 is 0 Å². The van der Waals surface area contributed by atoms with E-state index in [0.29, 0.717) is 0 Å². The molecule has 2 rings (SSSR count). The second kappa shape index (κ2) is 3.73. The van der Waals surface area contributed by atoms with Crippen molar-refractivity contribution in [2.24, 2.45) is 5.92 Å². The van der Waals surface area contributed by atoms with E-state index in [1.54, 1.807) is 6.20 Å². The summed E-state index contributed by atoms with van der Waals surface area (Å²) in [5.74, 6) is 1.89. The molecule has 0 aliphatic carbocycles. The molecule has 1 aromatic rings. The number of hydrogen-bond acceptors (Lipinski definition) is 3. The van der Waals surface area contributed by atoms with Gasteiger partial charge in [-0.25, -0.2) is 0 Å². The first-order valence-corrected chi connectivity index (χ1v) is 4.89. The van der Waals surface area contributed by atoms with E-state index in [9.17, 15) is 0 Å². The molecular weight excluding hydrogens is 162 g/mol. The second-order valence-corrected chi connectivity index (χ2v) is 3.75. The van der Waals surface area contributed by atoms with Crippen LogP contribution in [-0.2, 0) is 0 Å². The molecule has 0 spiro atoms. The Morgan fingerprint density at radius 2 is 2.15 bits per heavy atom. The van der Waals surface area contributed by atoms with Gasteiger partial charge in [-0.3, -0.25) is 0 Å². The van der Waals surface area contributed by atoms with Crippen LogP contribution in [0.5, 0.6) is 0 Å². The molecule has 3 heteroatoms. The van der Waals surface area contributed by atoms with Crippen LogP contribution in [-0.4, -0.2) is 23.3 Å². The molecule has 1 aliphatic rings. The van der Waals surface area contributed by atoms with Gasteiger partial charge in [0.05, 0.1) is 0 Å². The molecule has 0 unspecified atom stereocenters. The van der Waals surface area contributed by atoms with E-state index in [2.05, 4.69) is 22.0 Å². The third-order valence-electron chi connectivity index (χ3n) is 2.67. The summed E-state index contributed by atoms with van der Waals surface area (Å²) >= 11 is 0. The average Bonchev–Trinajstić information content (AvgIpc) is 2.20. The minimum absolute atomic E-state index is 0.868. The van der Waals surface area contributed by atoms with Crippen LogP contribution < -0.4 is 4.90 Å². The van der Waals surface area contributed by atoms with Gasteiger partial charge in [0.15, 0.2) is 5.82 Å². The minimum atomic E-state index is 0.868. The van der Waals surface area contributed by atoms with Crippen molar-refractivity contribution >= 4 is 5.82 Å². The van der Waals surface area contributed by atoms with E-state index in [1.807, 2.05) is 12.1 Å². The summed E-state index contributed by atoms with van der Waals surface area (Å²) in [7, 11) is 0. The smallest absolute Gasteiger partial charge is 0.151 e. The Hall–Kier alpha value is -1.12. The maximum absolute atomic E-state index is 4.10. The van der Waals surface area contributed by atoms with Gasteiger partial charge in [-0.05, 0) is 30.9 Å². The molecule has 70 valence electrons. The van der Waals surface area contributed by atoms with Crippen molar-refractivity contribution in [1.82, 2.24) is 10.2 Å². The number of anilines is 1. The molecule has 1 saturated heterocycles. The van der Waals surface area contributed by atoms with E-state index in [1.165, 1.54) is 12.8 Å². The lowest BCUT2D eigenvalue weighted by Crippen LogP contribution is -2.33. The predicted octanol–water partition coefficient (Wildman–Crippen LogP) is 1.71. The van der Waals surface area contributed by atoms with Crippen molar-refractivity contribution in [3.05, 3.63) is 18.3 Å². The van der Waals surface area contributed by atoms with Gasteiger partial charge in [-0.15, -0.1) is 5.10 Å². The van der Waals surface area contributed by atoms with Gasteiger partial charge >= 0.3 is 0 Å². The Labute approximate surface area is 78.8 Å². The van der Waals surface area contributed by atoms with Crippen molar-refractivity contribution in [2.75, 3.05) is 18.0 Å². The van der Waals surface area contributed by atoms with Gasteiger partial charge in [0, 0.05) is 19.3 Å². The van der Waals surface area contributed by atoms with Crippen molar-refractivity contribution in [3.63, 3.8) is 0 Å².